The average Bonchev–Trinajstić information content (AvgIpc) is 3.32. The summed E-state index contributed by atoms with van der Waals surface area (Å²) in [7, 11) is 0. The van der Waals surface area contributed by atoms with Gasteiger partial charge in [0.05, 0.1) is 18.2 Å². The van der Waals surface area contributed by atoms with Gasteiger partial charge in [-0.1, -0.05) is 65.4 Å². The van der Waals surface area contributed by atoms with Crippen LogP contribution in [0.15, 0.2) is 89.2 Å². The molecule has 3 aromatic carbocycles. The molecule has 0 aliphatic carbocycles. The largest absolute Gasteiger partial charge is 0.508 e. The van der Waals surface area contributed by atoms with Crippen LogP contribution in [0.25, 0.3) is 5.69 Å². The third-order valence-corrected chi connectivity index (χ3v) is 6.66. The Labute approximate surface area is 217 Å². The Morgan fingerprint density at radius 2 is 1.95 bits per heavy atom. The number of ether oxygens (including phenoxy) is 2. The lowest BCUT2D eigenvalue weighted by Gasteiger charge is -2.26. The zero-order chi connectivity index (χ0) is 25.9. The van der Waals surface area contributed by atoms with E-state index in [1.807, 2.05) is 61.5 Å². The number of hydrogen-bond acceptors (Lipinski definition) is 8. The number of fused-ring (bicyclic) bond motifs is 1. The molecule has 9 heteroatoms. The Kier molecular flexibility index (Phi) is 6.58. The van der Waals surface area contributed by atoms with Crippen LogP contribution in [0.1, 0.15) is 39.3 Å². The smallest absolute Gasteiger partial charge is 0.369 e. The molecule has 0 spiro atoms. The van der Waals surface area contributed by atoms with E-state index in [0.717, 1.165) is 28.0 Å². The number of aromatic hydroxyl groups is 1. The molecule has 8 nitrogen and oxygen atoms in total. The summed E-state index contributed by atoms with van der Waals surface area (Å²) >= 11 is 1.03. The first kappa shape index (κ1) is 24.0. The molecule has 0 saturated carbocycles. The predicted molar refractivity (Wildman–Crippen MR) is 137 cm³/mol. The van der Waals surface area contributed by atoms with Crippen molar-refractivity contribution in [1.82, 2.24) is 9.78 Å². The van der Waals surface area contributed by atoms with Gasteiger partial charge in [-0.3, -0.25) is 0 Å². The highest BCUT2D eigenvalue weighted by atomic mass is 32.1. The summed E-state index contributed by atoms with van der Waals surface area (Å²) in [6.45, 7) is 3.91. The molecule has 2 heterocycles. The number of nitrogens with zero attached hydrogens (tertiary/aromatic N) is 4. The number of hydrogen-bond donors (Lipinski definition) is 1. The van der Waals surface area contributed by atoms with Crippen LogP contribution in [-0.2, 0) is 4.74 Å². The number of aromatic nitrogens is 2. The summed E-state index contributed by atoms with van der Waals surface area (Å²) < 4.78 is 12.8. The van der Waals surface area contributed by atoms with E-state index >= 15 is 0 Å². The Morgan fingerprint density at radius 3 is 2.65 bits per heavy atom. The number of carbonyl (C=O) groups is 1. The number of phenols is 1. The lowest BCUT2D eigenvalue weighted by atomic mass is 9.83. The fraction of sp³-hybridized carbons (Fsp3) is 0.143. The maximum absolute atomic E-state index is 12.5. The Morgan fingerprint density at radius 1 is 1.19 bits per heavy atom. The quantitative estimate of drug-likeness (QED) is 0.379. The minimum Gasteiger partial charge on any atom is -0.508 e. The molecule has 1 aliphatic rings. The van der Waals surface area contributed by atoms with Crippen molar-refractivity contribution in [1.29, 1.82) is 5.26 Å². The SMILES string of the molecule is CCOC(=O)c1nn(-c2ccc(C)cc2)/c(=N/C2=C(C#N)C(c3ccccc3)c3ccc(O)cc3O2)s1. The molecule has 0 amide bonds. The van der Waals surface area contributed by atoms with Crippen molar-refractivity contribution in [2.45, 2.75) is 19.8 Å². The van der Waals surface area contributed by atoms with Crippen LogP contribution < -0.4 is 9.54 Å². The number of allylic oxidation sites excluding steroid dienone is 1. The summed E-state index contributed by atoms with van der Waals surface area (Å²) in [6.07, 6.45) is 0. The zero-order valence-electron chi connectivity index (χ0n) is 20.1. The van der Waals surface area contributed by atoms with Crippen molar-refractivity contribution in [3.63, 3.8) is 0 Å². The Balaban J connectivity index is 1.74. The summed E-state index contributed by atoms with van der Waals surface area (Å²) in [5, 5.41) is 24.9. The van der Waals surface area contributed by atoms with Crippen LogP contribution in [0.3, 0.4) is 0 Å². The van der Waals surface area contributed by atoms with Gasteiger partial charge in [-0.15, -0.1) is 5.10 Å². The van der Waals surface area contributed by atoms with Crippen molar-refractivity contribution >= 4 is 17.3 Å². The van der Waals surface area contributed by atoms with E-state index in [-0.39, 0.29) is 23.2 Å². The lowest BCUT2D eigenvalue weighted by Crippen LogP contribution is -2.20. The Bertz CT molecular complexity index is 1610. The van der Waals surface area contributed by atoms with E-state index in [1.165, 1.54) is 10.7 Å². The molecular weight excluding hydrogens is 488 g/mol. The number of aryl methyl sites for hydroxylation is 1. The van der Waals surface area contributed by atoms with Crippen LogP contribution in [-0.4, -0.2) is 27.5 Å². The van der Waals surface area contributed by atoms with Gasteiger partial charge in [0.15, 0.2) is 0 Å². The summed E-state index contributed by atoms with van der Waals surface area (Å²) in [5.74, 6) is -0.536. The van der Waals surface area contributed by atoms with Gasteiger partial charge in [0.2, 0.25) is 15.7 Å². The molecule has 1 atom stereocenters. The van der Waals surface area contributed by atoms with Gasteiger partial charge < -0.3 is 14.6 Å². The van der Waals surface area contributed by atoms with E-state index in [1.54, 1.807) is 19.1 Å². The molecule has 37 heavy (non-hydrogen) atoms. The van der Waals surface area contributed by atoms with Gasteiger partial charge in [0.1, 0.15) is 23.1 Å². The van der Waals surface area contributed by atoms with Gasteiger partial charge in [-0.2, -0.15) is 10.3 Å². The van der Waals surface area contributed by atoms with Crippen molar-refractivity contribution in [3.8, 4) is 23.3 Å². The normalized spacial score (nSPS) is 15.1. The van der Waals surface area contributed by atoms with E-state index < -0.39 is 11.9 Å². The summed E-state index contributed by atoms with van der Waals surface area (Å²) in [6, 6.07) is 24.2. The highest BCUT2D eigenvalue weighted by Crippen LogP contribution is 2.44. The monoisotopic (exact) mass is 510 g/mol. The second-order valence-electron chi connectivity index (χ2n) is 8.27. The predicted octanol–water partition coefficient (Wildman–Crippen LogP) is 4.98. The maximum Gasteiger partial charge on any atom is 0.369 e. The van der Waals surface area contributed by atoms with Crippen molar-refractivity contribution in [2.75, 3.05) is 6.61 Å². The molecule has 5 rings (SSSR count). The standard InChI is InChI=1S/C28H22N4O4S/c1-3-35-27(34)26-31-32(19-11-9-17(2)10-12-19)28(37-26)30-25-22(16-29)24(18-7-5-4-6-8-18)21-14-13-20(33)15-23(21)36-25/h4-15,24,33H,3H2,1-2H3/b30-28-. The molecule has 0 bridgehead atoms. The number of esters is 1. The second-order valence-corrected chi connectivity index (χ2v) is 9.22. The van der Waals surface area contributed by atoms with Crippen molar-refractivity contribution in [2.24, 2.45) is 4.99 Å². The van der Waals surface area contributed by atoms with Crippen LogP contribution >= 0.6 is 11.3 Å². The van der Waals surface area contributed by atoms with Gasteiger partial charge >= 0.3 is 5.97 Å². The average molecular weight is 511 g/mol. The van der Waals surface area contributed by atoms with Crippen molar-refractivity contribution in [3.05, 3.63) is 111 Å². The number of nitriles is 1. The fourth-order valence-corrected chi connectivity index (χ4v) is 4.84. The molecule has 1 N–H and O–H groups in total. The van der Waals surface area contributed by atoms with Gasteiger partial charge in [-0.25, -0.2) is 9.48 Å². The highest BCUT2D eigenvalue weighted by Gasteiger charge is 2.32. The maximum atomic E-state index is 12.5. The number of carbonyl (C=O) groups excluding carboxylic acids is 1. The molecule has 184 valence electrons. The van der Waals surface area contributed by atoms with Crippen LogP contribution in [0.4, 0.5) is 0 Å². The summed E-state index contributed by atoms with van der Waals surface area (Å²) in [4.78, 5) is 17.5. The van der Waals surface area contributed by atoms with Crippen molar-refractivity contribution < 1.29 is 19.4 Å². The first-order chi connectivity index (χ1) is 18.0. The van der Waals surface area contributed by atoms with Crippen LogP contribution in [0, 0.1) is 18.3 Å². The minimum absolute atomic E-state index is 0.0300. The topological polar surface area (TPSA) is 110 Å². The third kappa shape index (κ3) is 4.75. The van der Waals surface area contributed by atoms with E-state index in [4.69, 9.17) is 14.5 Å². The van der Waals surface area contributed by atoms with E-state index in [0.29, 0.717) is 21.8 Å². The third-order valence-electron chi connectivity index (χ3n) is 5.77. The minimum atomic E-state index is -0.564. The first-order valence-electron chi connectivity index (χ1n) is 11.6. The number of phenolic OH excluding ortho intramolecular Hbond substituents is 1. The van der Waals surface area contributed by atoms with Gasteiger partial charge in [-0.05, 0) is 37.6 Å². The molecule has 1 aromatic heterocycles. The molecule has 0 radical (unpaired) electrons. The van der Waals surface area contributed by atoms with Gasteiger partial charge in [0, 0.05) is 11.6 Å². The van der Waals surface area contributed by atoms with Crippen LogP contribution in [0.5, 0.6) is 11.5 Å². The summed E-state index contributed by atoms with van der Waals surface area (Å²) in [5.41, 5.74) is 3.66. The fourth-order valence-electron chi connectivity index (χ4n) is 4.05. The molecule has 1 unspecified atom stereocenters. The van der Waals surface area contributed by atoms with Crippen LogP contribution in [0.2, 0.25) is 0 Å². The highest BCUT2D eigenvalue weighted by molar-refractivity contribution is 7.10. The number of benzene rings is 3. The Hall–Kier alpha value is -4.68. The molecule has 0 fully saturated rings. The molecule has 4 aromatic rings. The van der Waals surface area contributed by atoms with E-state index in [9.17, 15) is 15.2 Å². The second kappa shape index (κ2) is 10.1. The number of rotatable bonds is 5. The molecular formula is C28H22N4O4S. The lowest BCUT2D eigenvalue weighted by molar-refractivity contribution is 0.0524. The molecule has 1 aliphatic heterocycles. The zero-order valence-corrected chi connectivity index (χ0v) is 20.9. The van der Waals surface area contributed by atoms with E-state index in [2.05, 4.69) is 11.2 Å². The van der Waals surface area contributed by atoms with Gasteiger partial charge in [0.25, 0.3) is 0 Å². The first-order valence-corrected chi connectivity index (χ1v) is 12.4. The molecule has 0 saturated heterocycles.